The summed E-state index contributed by atoms with van der Waals surface area (Å²) in [6.45, 7) is 5.02. The number of phosphoric ester groups is 2. The van der Waals surface area contributed by atoms with E-state index in [1.807, 2.05) is 0 Å². The van der Waals surface area contributed by atoms with Crippen LogP contribution in [0.3, 0.4) is 0 Å². The second kappa shape index (κ2) is 79.2. The molecule has 0 saturated carbocycles. The Morgan fingerprint density at radius 3 is 0.567 bits per heavy atom. The van der Waals surface area contributed by atoms with E-state index >= 15 is 0 Å². The second-order valence-corrected chi connectivity index (χ2v) is 33.5. The molecule has 0 heterocycles. The van der Waals surface area contributed by atoms with Gasteiger partial charge >= 0.3 is 39.5 Å². The first kappa shape index (κ1) is 102. The maximum absolute atomic E-state index is 13.1. The zero-order chi connectivity index (χ0) is 76.0. The molecule has 0 amide bonds. The molecule has 2 unspecified atom stereocenters. The monoisotopic (exact) mass is 1520 g/mol. The molecule has 0 aromatic rings. The van der Waals surface area contributed by atoms with E-state index in [1.54, 1.807) is 0 Å². The SMILES string of the molecule is CCCCCCCCCCCCCCCCCCCCCCCC(=O)O[C@H](COC(=O)CCCCCCCCCCCCCCCCCCCCCC)COP(=O)(O)OC[C@@H](O)COP(=O)(O)OC[C@@H](COC(=O)CCCCCCCCCC)OC(=O)CCCCCCCCCCCCCCCCC. The molecule has 618 valence electrons. The Kier molecular flexibility index (Phi) is 77.7. The summed E-state index contributed by atoms with van der Waals surface area (Å²) in [6, 6.07) is 0. The second-order valence-electron chi connectivity index (χ2n) is 30.6. The molecule has 0 spiro atoms. The van der Waals surface area contributed by atoms with E-state index in [4.69, 9.17) is 37.0 Å². The topological polar surface area (TPSA) is 237 Å². The molecule has 0 aliphatic rings. The van der Waals surface area contributed by atoms with Gasteiger partial charge in [-0.1, -0.05) is 413 Å². The molecule has 3 N–H and O–H groups in total. The molecule has 17 nitrogen and oxygen atoms in total. The molecule has 0 bridgehead atoms. The fourth-order valence-corrected chi connectivity index (χ4v) is 14.9. The van der Waals surface area contributed by atoms with Crippen LogP contribution in [0.2, 0.25) is 0 Å². The Morgan fingerprint density at radius 1 is 0.231 bits per heavy atom. The number of ether oxygens (including phenoxy) is 4. The van der Waals surface area contributed by atoms with Crippen LogP contribution >= 0.6 is 15.6 Å². The maximum Gasteiger partial charge on any atom is 0.472 e. The molecule has 104 heavy (non-hydrogen) atoms. The fourth-order valence-electron chi connectivity index (χ4n) is 13.3. The molecule has 0 aromatic carbocycles. The van der Waals surface area contributed by atoms with Crippen LogP contribution in [0.25, 0.3) is 0 Å². The smallest absolute Gasteiger partial charge is 0.462 e. The molecule has 0 aliphatic carbocycles. The van der Waals surface area contributed by atoms with Gasteiger partial charge in [-0.3, -0.25) is 37.3 Å². The molecular weight excluding hydrogens is 1350 g/mol. The minimum absolute atomic E-state index is 0.109. The Bertz CT molecular complexity index is 1960. The van der Waals surface area contributed by atoms with Gasteiger partial charge in [0.25, 0.3) is 0 Å². The molecule has 0 aromatic heterocycles. The summed E-state index contributed by atoms with van der Waals surface area (Å²) in [4.78, 5) is 73.1. The summed E-state index contributed by atoms with van der Waals surface area (Å²) in [5, 5.41) is 10.7. The van der Waals surface area contributed by atoms with Crippen LogP contribution < -0.4 is 0 Å². The van der Waals surface area contributed by atoms with Crippen molar-refractivity contribution in [3.63, 3.8) is 0 Å². The van der Waals surface area contributed by atoms with Crippen LogP contribution in [-0.4, -0.2) is 96.7 Å². The zero-order valence-electron chi connectivity index (χ0n) is 68.0. The third-order valence-corrected chi connectivity index (χ3v) is 22.0. The van der Waals surface area contributed by atoms with E-state index in [0.29, 0.717) is 25.7 Å². The highest BCUT2D eigenvalue weighted by Gasteiger charge is 2.30. The van der Waals surface area contributed by atoms with Crippen molar-refractivity contribution in [3.8, 4) is 0 Å². The number of carbonyl (C=O) groups is 4. The summed E-state index contributed by atoms with van der Waals surface area (Å²) in [7, 11) is -9.92. The molecule has 19 heteroatoms. The molecule has 0 radical (unpaired) electrons. The minimum atomic E-state index is -4.96. The number of hydrogen-bond acceptors (Lipinski definition) is 15. The molecule has 5 atom stereocenters. The average molecular weight is 1520 g/mol. The Balaban J connectivity index is 5.18. The van der Waals surface area contributed by atoms with Gasteiger partial charge in [0.15, 0.2) is 12.2 Å². The first-order valence-electron chi connectivity index (χ1n) is 44.3. The predicted molar refractivity (Wildman–Crippen MR) is 428 cm³/mol. The standard InChI is InChI=1S/C85H166O17P2/c1-5-9-13-17-21-25-28-31-34-36-38-40-42-44-47-50-53-56-60-64-68-72-85(90)102-81(76-96-83(88)70-66-62-58-54-51-48-46-43-41-39-37-35-32-29-26-22-18-14-10-6-2)78-100-104(93,94)98-74-79(86)73-97-103(91,92)99-77-80(75-95-82(87)69-65-61-57-24-20-16-12-8-4)101-84(89)71-67-63-59-55-52-49-45-33-30-27-23-19-15-11-7-3/h79-81,86H,5-78H2,1-4H3,(H,91,92)(H,93,94)/t79-,80+,81+/m0/s1. The van der Waals surface area contributed by atoms with Crippen LogP contribution in [0.4, 0.5) is 0 Å². The lowest BCUT2D eigenvalue weighted by atomic mass is 10.0. The normalized spacial score (nSPS) is 13.7. The van der Waals surface area contributed by atoms with Crippen molar-refractivity contribution in [3.05, 3.63) is 0 Å². The van der Waals surface area contributed by atoms with Crippen molar-refractivity contribution >= 4 is 39.5 Å². The van der Waals surface area contributed by atoms with Gasteiger partial charge in [-0.15, -0.1) is 0 Å². The molecule has 0 saturated heterocycles. The van der Waals surface area contributed by atoms with Gasteiger partial charge in [0.2, 0.25) is 0 Å². The number of esters is 4. The highest BCUT2D eigenvalue weighted by Crippen LogP contribution is 2.45. The summed E-state index contributed by atoms with van der Waals surface area (Å²) in [5.41, 5.74) is 0. The minimum Gasteiger partial charge on any atom is -0.462 e. The lowest BCUT2D eigenvalue weighted by molar-refractivity contribution is -0.161. The van der Waals surface area contributed by atoms with Gasteiger partial charge in [-0.05, 0) is 25.7 Å². The largest absolute Gasteiger partial charge is 0.472 e. The molecule has 0 fully saturated rings. The highest BCUT2D eigenvalue weighted by atomic mass is 31.2. The lowest BCUT2D eigenvalue weighted by Crippen LogP contribution is -2.30. The molecule has 0 aliphatic heterocycles. The summed E-state index contributed by atoms with van der Waals surface area (Å²) < 4.78 is 68.8. The maximum atomic E-state index is 13.1. The van der Waals surface area contributed by atoms with Crippen LogP contribution in [0.1, 0.15) is 464 Å². The number of aliphatic hydroxyl groups excluding tert-OH is 1. The van der Waals surface area contributed by atoms with E-state index in [9.17, 15) is 43.2 Å². The van der Waals surface area contributed by atoms with E-state index in [2.05, 4.69) is 27.7 Å². The van der Waals surface area contributed by atoms with Crippen LogP contribution in [0.5, 0.6) is 0 Å². The van der Waals surface area contributed by atoms with Crippen LogP contribution in [-0.2, 0) is 65.4 Å². The number of carbonyl (C=O) groups excluding carboxylic acids is 4. The number of unbranched alkanes of at least 4 members (excludes halogenated alkanes) is 60. The lowest BCUT2D eigenvalue weighted by Gasteiger charge is -2.21. The van der Waals surface area contributed by atoms with E-state index < -0.39 is 97.5 Å². The quantitative estimate of drug-likeness (QED) is 0.0222. The fraction of sp³-hybridized carbons (Fsp3) is 0.953. The van der Waals surface area contributed by atoms with Crippen molar-refractivity contribution in [2.24, 2.45) is 0 Å². The van der Waals surface area contributed by atoms with Gasteiger partial charge in [-0.2, -0.15) is 0 Å². The van der Waals surface area contributed by atoms with Gasteiger partial charge < -0.3 is 33.8 Å². The van der Waals surface area contributed by atoms with Crippen LogP contribution in [0.15, 0.2) is 0 Å². The van der Waals surface area contributed by atoms with Gasteiger partial charge in [0, 0.05) is 25.7 Å². The third kappa shape index (κ3) is 78.2. The van der Waals surface area contributed by atoms with Crippen molar-refractivity contribution in [2.75, 3.05) is 39.6 Å². The number of aliphatic hydroxyl groups is 1. The first-order valence-corrected chi connectivity index (χ1v) is 47.3. The van der Waals surface area contributed by atoms with Crippen molar-refractivity contribution in [1.29, 1.82) is 0 Å². The number of hydrogen-bond donors (Lipinski definition) is 3. The third-order valence-electron chi connectivity index (χ3n) is 20.1. The van der Waals surface area contributed by atoms with Gasteiger partial charge in [-0.25, -0.2) is 9.13 Å². The predicted octanol–water partition coefficient (Wildman–Crippen LogP) is 26.1. The van der Waals surface area contributed by atoms with E-state index in [1.165, 1.54) is 295 Å². The van der Waals surface area contributed by atoms with Crippen molar-refractivity contribution in [2.45, 2.75) is 483 Å². The number of phosphoric acid groups is 2. The van der Waals surface area contributed by atoms with Crippen molar-refractivity contribution < 1.29 is 80.2 Å². The Hall–Kier alpha value is -1.94. The Labute approximate surface area is 638 Å². The summed E-state index contributed by atoms with van der Waals surface area (Å²) in [5.74, 6) is -2.10. The molecule has 0 rings (SSSR count). The summed E-state index contributed by atoms with van der Waals surface area (Å²) in [6.07, 6.45) is 73.8. The van der Waals surface area contributed by atoms with E-state index in [0.717, 1.165) is 89.9 Å². The zero-order valence-corrected chi connectivity index (χ0v) is 69.8. The van der Waals surface area contributed by atoms with Crippen molar-refractivity contribution in [1.82, 2.24) is 0 Å². The van der Waals surface area contributed by atoms with Gasteiger partial charge in [0.1, 0.15) is 19.3 Å². The van der Waals surface area contributed by atoms with E-state index in [-0.39, 0.29) is 25.7 Å². The number of rotatable bonds is 86. The Morgan fingerprint density at radius 2 is 0.385 bits per heavy atom. The van der Waals surface area contributed by atoms with Gasteiger partial charge in [0.05, 0.1) is 26.4 Å². The van der Waals surface area contributed by atoms with Crippen LogP contribution in [0, 0.1) is 0 Å². The summed E-state index contributed by atoms with van der Waals surface area (Å²) >= 11 is 0. The first-order chi connectivity index (χ1) is 50.7. The highest BCUT2D eigenvalue weighted by molar-refractivity contribution is 7.47. The average Bonchev–Trinajstić information content (AvgIpc) is 0.908. The molecular formula is C85H166O17P2.